The van der Waals surface area contributed by atoms with E-state index in [4.69, 9.17) is 23.2 Å². The van der Waals surface area contributed by atoms with Crippen molar-refractivity contribution in [2.75, 3.05) is 0 Å². The first-order chi connectivity index (χ1) is 8.61. The summed E-state index contributed by atoms with van der Waals surface area (Å²) in [5.74, 6) is 0. The molecule has 4 heteroatoms. The van der Waals surface area contributed by atoms with Gasteiger partial charge in [-0.25, -0.2) is 0 Å². The fraction of sp³-hybridized carbons (Fsp3) is 0. The van der Waals surface area contributed by atoms with E-state index in [2.05, 4.69) is 0 Å². The van der Waals surface area contributed by atoms with E-state index in [1.54, 1.807) is 6.07 Å². The second-order valence-corrected chi connectivity index (χ2v) is 3.97. The van der Waals surface area contributed by atoms with Gasteiger partial charge in [0.1, 0.15) is 0 Å². The van der Waals surface area contributed by atoms with Gasteiger partial charge in [-0.2, -0.15) is 0 Å². The molecule has 0 amide bonds. The average Bonchev–Trinajstić information content (AvgIpc) is 2.41. The second-order valence-electron chi connectivity index (χ2n) is 3.28. The molecule has 0 heterocycles. The van der Waals surface area contributed by atoms with Gasteiger partial charge in [-0.15, -0.1) is 0 Å². The van der Waals surface area contributed by atoms with Crippen LogP contribution in [0.5, 0.6) is 0 Å². The summed E-state index contributed by atoms with van der Waals surface area (Å²) in [5.41, 5.74) is 0.534. The highest BCUT2D eigenvalue weighted by Crippen LogP contribution is 2.09. The van der Waals surface area contributed by atoms with E-state index in [0.29, 0.717) is 0 Å². The maximum atomic E-state index is 10.6. The minimum Gasteiger partial charge on any atom is -0.276 e. The van der Waals surface area contributed by atoms with Crippen LogP contribution in [0.15, 0.2) is 60.7 Å². The third-order valence-electron chi connectivity index (χ3n) is 1.98. The lowest BCUT2D eigenvalue weighted by atomic mass is 10.1. The lowest BCUT2D eigenvalue weighted by molar-refractivity contribution is 0.108. The maximum Gasteiger partial charge on any atom is 0.252 e. The Morgan fingerprint density at radius 2 is 1.00 bits per heavy atom. The van der Waals surface area contributed by atoms with Crippen LogP contribution in [-0.2, 0) is 0 Å². The van der Waals surface area contributed by atoms with Crippen LogP contribution < -0.4 is 0 Å². The van der Waals surface area contributed by atoms with Crippen molar-refractivity contribution in [1.29, 1.82) is 0 Å². The fourth-order valence-electron chi connectivity index (χ4n) is 1.15. The molecular formula is C14H10Cl2O2. The standard InChI is InChI=1S/C8H4Cl2O2.C6H6/c9-7(11)5-2-1-3-6(4-5)8(10)12;1-2-4-6-5-3-1/h1-4H;1-6H. The molecule has 18 heavy (non-hydrogen) atoms. The van der Waals surface area contributed by atoms with Crippen LogP contribution in [0.2, 0.25) is 0 Å². The van der Waals surface area contributed by atoms with Crippen LogP contribution in [0.4, 0.5) is 0 Å². The zero-order valence-corrected chi connectivity index (χ0v) is 10.9. The molecule has 0 bridgehead atoms. The Labute approximate surface area is 115 Å². The summed E-state index contributed by atoms with van der Waals surface area (Å²) >= 11 is 10.4. The normalized spacial score (nSPS) is 9.00. The van der Waals surface area contributed by atoms with E-state index in [0.717, 1.165) is 0 Å². The van der Waals surface area contributed by atoms with Crippen LogP contribution in [-0.4, -0.2) is 10.5 Å². The van der Waals surface area contributed by atoms with Crippen molar-refractivity contribution < 1.29 is 9.59 Å². The van der Waals surface area contributed by atoms with Gasteiger partial charge in [-0.3, -0.25) is 9.59 Å². The van der Waals surface area contributed by atoms with E-state index in [1.165, 1.54) is 18.2 Å². The number of rotatable bonds is 2. The van der Waals surface area contributed by atoms with Gasteiger partial charge in [-0.05, 0) is 29.3 Å². The van der Waals surface area contributed by atoms with Crippen molar-refractivity contribution in [3.63, 3.8) is 0 Å². The van der Waals surface area contributed by atoms with E-state index in [9.17, 15) is 9.59 Å². The fourth-order valence-corrected chi connectivity index (χ4v) is 1.38. The molecule has 0 unspecified atom stereocenters. The molecule has 0 N–H and O–H groups in total. The van der Waals surface area contributed by atoms with E-state index in [-0.39, 0.29) is 11.1 Å². The minimum atomic E-state index is -0.602. The van der Waals surface area contributed by atoms with Crippen LogP contribution in [0.3, 0.4) is 0 Å². The van der Waals surface area contributed by atoms with Gasteiger partial charge in [0.2, 0.25) is 0 Å². The maximum absolute atomic E-state index is 10.6. The smallest absolute Gasteiger partial charge is 0.252 e. The van der Waals surface area contributed by atoms with Crippen molar-refractivity contribution in [3.8, 4) is 0 Å². The Bertz CT molecular complexity index is 468. The van der Waals surface area contributed by atoms with Gasteiger partial charge in [0.25, 0.3) is 10.5 Å². The Morgan fingerprint density at radius 1 is 0.667 bits per heavy atom. The average molecular weight is 281 g/mol. The first-order valence-electron chi connectivity index (χ1n) is 5.11. The van der Waals surface area contributed by atoms with Gasteiger partial charge >= 0.3 is 0 Å². The first-order valence-corrected chi connectivity index (χ1v) is 5.86. The second kappa shape index (κ2) is 7.64. The van der Waals surface area contributed by atoms with Crippen molar-refractivity contribution >= 4 is 33.7 Å². The van der Waals surface area contributed by atoms with Crippen LogP contribution >= 0.6 is 23.2 Å². The van der Waals surface area contributed by atoms with Gasteiger partial charge in [-0.1, -0.05) is 54.6 Å². The number of halogens is 2. The van der Waals surface area contributed by atoms with Gasteiger partial charge in [0.15, 0.2) is 0 Å². The molecule has 0 saturated heterocycles. The van der Waals surface area contributed by atoms with Crippen LogP contribution in [0.1, 0.15) is 20.7 Å². The third kappa shape index (κ3) is 5.13. The highest BCUT2D eigenvalue weighted by Gasteiger charge is 2.05. The Balaban J connectivity index is 0.000000225. The lowest BCUT2D eigenvalue weighted by Gasteiger charge is -1.95. The summed E-state index contributed by atoms with van der Waals surface area (Å²) in [5, 5.41) is -1.20. The topological polar surface area (TPSA) is 34.1 Å². The molecule has 0 aliphatic rings. The summed E-state index contributed by atoms with van der Waals surface area (Å²) in [4.78, 5) is 21.3. The molecule has 2 aromatic carbocycles. The van der Waals surface area contributed by atoms with E-state index in [1.807, 2.05) is 36.4 Å². The molecule has 2 rings (SSSR count). The zero-order chi connectivity index (χ0) is 13.4. The van der Waals surface area contributed by atoms with Crippen molar-refractivity contribution in [2.45, 2.75) is 0 Å². The molecule has 0 aliphatic heterocycles. The molecule has 0 saturated carbocycles. The largest absolute Gasteiger partial charge is 0.276 e. The molecule has 0 aliphatic carbocycles. The van der Waals surface area contributed by atoms with Crippen molar-refractivity contribution in [3.05, 3.63) is 71.8 Å². The van der Waals surface area contributed by atoms with Crippen molar-refractivity contribution in [1.82, 2.24) is 0 Å². The highest BCUT2D eigenvalue weighted by molar-refractivity contribution is 6.69. The number of carbonyl (C=O) groups excluding carboxylic acids is 2. The highest BCUT2D eigenvalue weighted by atomic mass is 35.5. The van der Waals surface area contributed by atoms with Gasteiger partial charge in [0, 0.05) is 11.1 Å². The minimum absolute atomic E-state index is 0.267. The molecular weight excluding hydrogens is 271 g/mol. The predicted molar refractivity (Wildman–Crippen MR) is 73.3 cm³/mol. The molecule has 0 fully saturated rings. The number of hydrogen-bond donors (Lipinski definition) is 0. The molecule has 92 valence electrons. The SMILES string of the molecule is O=C(Cl)c1cccc(C(=O)Cl)c1.c1ccccc1. The monoisotopic (exact) mass is 280 g/mol. The summed E-state index contributed by atoms with van der Waals surface area (Å²) < 4.78 is 0. The molecule has 0 radical (unpaired) electrons. The summed E-state index contributed by atoms with van der Waals surface area (Å²) in [7, 11) is 0. The summed E-state index contributed by atoms with van der Waals surface area (Å²) in [6.07, 6.45) is 0. The molecule has 0 atom stereocenters. The summed E-state index contributed by atoms with van der Waals surface area (Å²) in [6.45, 7) is 0. The summed E-state index contributed by atoms with van der Waals surface area (Å²) in [6, 6.07) is 17.9. The quantitative estimate of drug-likeness (QED) is 0.775. The first kappa shape index (κ1) is 14.4. The van der Waals surface area contributed by atoms with E-state index < -0.39 is 10.5 Å². The van der Waals surface area contributed by atoms with Gasteiger partial charge in [0.05, 0.1) is 0 Å². The lowest BCUT2D eigenvalue weighted by Crippen LogP contribution is -1.93. The van der Waals surface area contributed by atoms with E-state index >= 15 is 0 Å². The zero-order valence-electron chi connectivity index (χ0n) is 9.35. The predicted octanol–water partition coefficient (Wildman–Crippen LogP) is 4.13. The van der Waals surface area contributed by atoms with Crippen LogP contribution in [0.25, 0.3) is 0 Å². The number of hydrogen-bond acceptors (Lipinski definition) is 2. The molecule has 0 spiro atoms. The Kier molecular flexibility index (Phi) is 6.12. The third-order valence-corrected chi connectivity index (χ3v) is 2.42. The van der Waals surface area contributed by atoms with Crippen LogP contribution in [0, 0.1) is 0 Å². The van der Waals surface area contributed by atoms with Crippen molar-refractivity contribution in [2.24, 2.45) is 0 Å². The molecule has 0 aromatic heterocycles. The van der Waals surface area contributed by atoms with Gasteiger partial charge < -0.3 is 0 Å². The molecule has 2 nitrogen and oxygen atoms in total. The number of carbonyl (C=O) groups is 2. The number of benzene rings is 2. The Morgan fingerprint density at radius 3 is 1.28 bits per heavy atom. The molecule has 2 aromatic rings. The Hall–Kier alpha value is -1.64.